The zero-order chi connectivity index (χ0) is 16.1. The number of hydrogen-bond donors (Lipinski definition) is 2. The fourth-order valence-electron chi connectivity index (χ4n) is 2.78. The van der Waals surface area contributed by atoms with Crippen LogP contribution in [-0.2, 0) is 6.54 Å². The summed E-state index contributed by atoms with van der Waals surface area (Å²) < 4.78 is 0. The number of pyridine rings is 1. The Morgan fingerprint density at radius 2 is 1.96 bits per heavy atom. The maximum absolute atomic E-state index is 12.3. The van der Waals surface area contributed by atoms with Gasteiger partial charge in [-0.25, -0.2) is 9.97 Å². The van der Waals surface area contributed by atoms with Crippen molar-refractivity contribution in [2.24, 2.45) is 0 Å². The van der Waals surface area contributed by atoms with Crippen molar-refractivity contribution in [3.63, 3.8) is 0 Å². The lowest BCUT2D eigenvalue weighted by Gasteiger charge is -2.13. The lowest BCUT2D eigenvalue weighted by Crippen LogP contribution is -2.25. The highest BCUT2D eigenvalue weighted by Gasteiger charge is 2.17. The molecule has 0 aromatic carbocycles. The van der Waals surface area contributed by atoms with Crippen molar-refractivity contribution < 1.29 is 4.79 Å². The van der Waals surface area contributed by atoms with Gasteiger partial charge in [0.25, 0.3) is 5.91 Å². The minimum Gasteiger partial charge on any atom is -0.351 e. The first kappa shape index (κ1) is 15.4. The van der Waals surface area contributed by atoms with Crippen LogP contribution in [0.5, 0.6) is 0 Å². The average Bonchev–Trinajstić information content (AvgIpc) is 3.06. The molecule has 0 atom stereocenters. The summed E-state index contributed by atoms with van der Waals surface area (Å²) in [6.07, 6.45) is 8.17. The molecule has 3 rings (SSSR count). The Labute approximate surface area is 135 Å². The second-order valence-electron chi connectivity index (χ2n) is 5.88. The average molecular weight is 311 g/mol. The number of carbonyl (C=O) groups excluding carboxylic acids is 1. The second-order valence-corrected chi connectivity index (χ2v) is 5.88. The van der Waals surface area contributed by atoms with Gasteiger partial charge in [-0.15, -0.1) is 0 Å². The Morgan fingerprint density at radius 1 is 1.22 bits per heavy atom. The van der Waals surface area contributed by atoms with Crippen molar-refractivity contribution in [3.05, 3.63) is 47.5 Å². The summed E-state index contributed by atoms with van der Waals surface area (Å²) in [5.41, 5.74) is 2.19. The highest BCUT2D eigenvalue weighted by molar-refractivity contribution is 5.92. The molecule has 0 radical (unpaired) electrons. The monoisotopic (exact) mass is 311 g/mol. The van der Waals surface area contributed by atoms with Gasteiger partial charge in [-0.3, -0.25) is 9.78 Å². The smallest absolute Gasteiger partial charge is 0.270 e. The number of amides is 1. The fraction of sp³-hybridized carbons (Fsp3) is 0.412. The Morgan fingerprint density at radius 3 is 2.70 bits per heavy atom. The van der Waals surface area contributed by atoms with Crippen LogP contribution in [0.25, 0.3) is 0 Å². The van der Waals surface area contributed by atoms with E-state index in [9.17, 15) is 4.79 Å². The van der Waals surface area contributed by atoms with E-state index >= 15 is 0 Å². The molecule has 0 aliphatic heterocycles. The molecule has 120 valence electrons. The SMILES string of the molecule is Cc1cc(C(=O)NCc2ccncc2)nc(NC2CCCC2)n1. The molecule has 2 aromatic rings. The first-order valence-electron chi connectivity index (χ1n) is 8.00. The standard InChI is InChI=1S/C17H21N5O/c1-12-10-15(16(23)19-11-13-6-8-18-9-7-13)22-17(20-12)21-14-4-2-3-5-14/h6-10,14H,2-5,11H2,1H3,(H,19,23)(H,20,21,22). The highest BCUT2D eigenvalue weighted by Crippen LogP contribution is 2.21. The first-order chi connectivity index (χ1) is 11.2. The molecular formula is C17H21N5O. The van der Waals surface area contributed by atoms with Crippen molar-refractivity contribution in [2.75, 3.05) is 5.32 Å². The van der Waals surface area contributed by atoms with Gasteiger partial charge < -0.3 is 10.6 Å². The number of anilines is 1. The summed E-state index contributed by atoms with van der Waals surface area (Å²) in [6, 6.07) is 5.88. The van der Waals surface area contributed by atoms with Crippen LogP contribution in [0.1, 0.15) is 47.4 Å². The number of rotatable bonds is 5. The lowest BCUT2D eigenvalue weighted by molar-refractivity contribution is 0.0945. The van der Waals surface area contributed by atoms with E-state index in [1.165, 1.54) is 12.8 Å². The molecule has 6 heteroatoms. The highest BCUT2D eigenvalue weighted by atomic mass is 16.1. The fourth-order valence-corrected chi connectivity index (χ4v) is 2.78. The number of aryl methyl sites for hydroxylation is 1. The number of nitrogens with zero attached hydrogens (tertiary/aromatic N) is 3. The summed E-state index contributed by atoms with van der Waals surface area (Å²) in [6.45, 7) is 2.33. The normalized spacial score (nSPS) is 14.7. The summed E-state index contributed by atoms with van der Waals surface area (Å²) in [5.74, 6) is 0.354. The zero-order valence-electron chi connectivity index (χ0n) is 13.2. The largest absolute Gasteiger partial charge is 0.351 e. The summed E-state index contributed by atoms with van der Waals surface area (Å²) in [5, 5.41) is 6.22. The van der Waals surface area contributed by atoms with Crippen LogP contribution >= 0.6 is 0 Å². The summed E-state index contributed by atoms with van der Waals surface area (Å²) in [4.78, 5) is 25.0. The van der Waals surface area contributed by atoms with Crippen LogP contribution in [0.2, 0.25) is 0 Å². The van der Waals surface area contributed by atoms with Crippen LogP contribution in [-0.4, -0.2) is 26.9 Å². The molecule has 1 fully saturated rings. The molecule has 1 aliphatic carbocycles. The summed E-state index contributed by atoms with van der Waals surface area (Å²) in [7, 11) is 0. The molecule has 6 nitrogen and oxygen atoms in total. The topological polar surface area (TPSA) is 79.8 Å². The third-order valence-electron chi connectivity index (χ3n) is 3.98. The van der Waals surface area contributed by atoms with Gasteiger partial charge in [0, 0.05) is 30.7 Å². The molecule has 0 bridgehead atoms. The molecule has 2 heterocycles. The number of nitrogens with one attached hydrogen (secondary N) is 2. The molecule has 1 aliphatic rings. The van der Waals surface area contributed by atoms with E-state index in [2.05, 4.69) is 25.6 Å². The molecule has 2 N–H and O–H groups in total. The third-order valence-corrected chi connectivity index (χ3v) is 3.98. The predicted molar refractivity (Wildman–Crippen MR) is 88.1 cm³/mol. The maximum Gasteiger partial charge on any atom is 0.270 e. The van der Waals surface area contributed by atoms with Crippen LogP contribution in [0.4, 0.5) is 5.95 Å². The molecule has 1 amide bonds. The molecule has 2 aromatic heterocycles. The van der Waals surface area contributed by atoms with Crippen LogP contribution in [0.3, 0.4) is 0 Å². The van der Waals surface area contributed by atoms with E-state index in [0.717, 1.165) is 24.1 Å². The van der Waals surface area contributed by atoms with Crippen molar-refractivity contribution in [2.45, 2.75) is 45.2 Å². The maximum atomic E-state index is 12.3. The molecule has 0 spiro atoms. The molecule has 1 saturated carbocycles. The van der Waals surface area contributed by atoms with E-state index in [4.69, 9.17) is 0 Å². The minimum atomic E-state index is -0.193. The van der Waals surface area contributed by atoms with Gasteiger partial charge in [0.1, 0.15) is 5.69 Å². The Kier molecular flexibility index (Phi) is 4.80. The second kappa shape index (κ2) is 7.17. The zero-order valence-corrected chi connectivity index (χ0v) is 13.2. The van der Waals surface area contributed by atoms with Crippen LogP contribution in [0.15, 0.2) is 30.6 Å². The quantitative estimate of drug-likeness (QED) is 0.886. The Balaban J connectivity index is 1.66. The Bertz CT molecular complexity index is 668. The van der Waals surface area contributed by atoms with Gasteiger partial charge >= 0.3 is 0 Å². The van der Waals surface area contributed by atoms with Crippen molar-refractivity contribution in [1.82, 2.24) is 20.3 Å². The van der Waals surface area contributed by atoms with Gasteiger partial charge in [-0.05, 0) is 43.5 Å². The third kappa shape index (κ3) is 4.25. The van der Waals surface area contributed by atoms with Crippen LogP contribution < -0.4 is 10.6 Å². The van der Waals surface area contributed by atoms with Crippen molar-refractivity contribution >= 4 is 11.9 Å². The molecule has 0 unspecified atom stereocenters. The predicted octanol–water partition coefficient (Wildman–Crippen LogP) is 2.46. The van der Waals surface area contributed by atoms with E-state index in [0.29, 0.717) is 24.2 Å². The van der Waals surface area contributed by atoms with E-state index < -0.39 is 0 Å². The molecule has 0 saturated heterocycles. The lowest BCUT2D eigenvalue weighted by atomic mass is 10.2. The minimum absolute atomic E-state index is 0.193. The Hall–Kier alpha value is -2.50. The van der Waals surface area contributed by atoms with Gasteiger partial charge in [-0.1, -0.05) is 12.8 Å². The van der Waals surface area contributed by atoms with E-state index in [-0.39, 0.29) is 5.91 Å². The van der Waals surface area contributed by atoms with E-state index in [1.54, 1.807) is 18.5 Å². The number of hydrogen-bond acceptors (Lipinski definition) is 5. The molecular weight excluding hydrogens is 290 g/mol. The van der Waals surface area contributed by atoms with Gasteiger partial charge in [0.15, 0.2) is 0 Å². The molecule has 23 heavy (non-hydrogen) atoms. The van der Waals surface area contributed by atoms with E-state index in [1.807, 2.05) is 19.1 Å². The number of aromatic nitrogens is 3. The first-order valence-corrected chi connectivity index (χ1v) is 8.00. The van der Waals surface area contributed by atoms with Crippen molar-refractivity contribution in [1.29, 1.82) is 0 Å². The van der Waals surface area contributed by atoms with Crippen LogP contribution in [0, 0.1) is 6.92 Å². The summed E-state index contributed by atoms with van der Waals surface area (Å²) >= 11 is 0. The van der Waals surface area contributed by atoms with Gasteiger partial charge in [-0.2, -0.15) is 0 Å². The van der Waals surface area contributed by atoms with Crippen molar-refractivity contribution in [3.8, 4) is 0 Å². The van der Waals surface area contributed by atoms with Gasteiger partial charge in [0.2, 0.25) is 5.95 Å². The van der Waals surface area contributed by atoms with Gasteiger partial charge in [0.05, 0.1) is 0 Å². The number of carbonyl (C=O) groups is 1.